The van der Waals surface area contributed by atoms with E-state index >= 15 is 0 Å². The van der Waals surface area contributed by atoms with Crippen LogP contribution in [0.5, 0.6) is 0 Å². The van der Waals surface area contributed by atoms with Crippen molar-refractivity contribution in [2.75, 3.05) is 6.54 Å². The van der Waals surface area contributed by atoms with Gasteiger partial charge in [-0.15, -0.1) is 0 Å². The smallest absolute Gasteiger partial charge is 0.255 e. The molecule has 0 amide bonds. The molecule has 0 spiro atoms. The zero-order valence-corrected chi connectivity index (χ0v) is 15.4. The van der Waals surface area contributed by atoms with Gasteiger partial charge < -0.3 is 9.51 Å². The van der Waals surface area contributed by atoms with Crippen molar-refractivity contribution in [2.24, 2.45) is 0 Å². The zero-order valence-electron chi connectivity index (χ0n) is 14.7. The molecule has 0 radical (unpaired) electrons. The van der Waals surface area contributed by atoms with Crippen LogP contribution in [-0.4, -0.2) is 26.6 Å². The SMILES string of the molecule is Cc1noc(C)c1CN1CCc2nc(-c3ccc(Cl)cc3)[nH]c(=O)c2C1. The minimum Gasteiger partial charge on any atom is -0.361 e. The third-order valence-corrected chi connectivity index (χ3v) is 5.08. The van der Waals surface area contributed by atoms with Crippen LogP contribution in [0.1, 0.15) is 28.3 Å². The van der Waals surface area contributed by atoms with Gasteiger partial charge in [0.1, 0.15) is 11.6 Å². The van der Waals surface area contributed by atoms with E-state index in [4.69, 9.17) is 16.1 Å². The van der Waals surface area contributed by atoms with Gasteiger partial charge in [-0.3, -0.25) is 9.69 Å². The molecule has 0 atom stereocenters. The Balaban J connectivity index is 1.60. The van der Waals surface area contributed by atoms with Gasteiger partial charge in [0, 0.05) is 42.2 Å². The Hall–Kier alpha value is -2.44. The summed E-state index contributed by atoms with van der Waals surface area (Å²) in [6.45, 7) is 5.99. The fraction of sp³-hybridized carbons (Fsp3) is 0.316. The van der Waals surface area contributed by atoms with Crippen LogP contribution in [0.4, 0.5) is 0 Å². The first-order valence-electron chi connectivity index (χ1n) is 8.53. The minimum atomic E-state index is -0.0802. The van der Waals surface area contributed by atoms with E-state index in [-0.39, 0.29) is 5.56 Å². The lowest BCUT2D eigenvalue weighted by molar-refractivity contribution is 0.240. The Morgan fingerprint density at radius 1 is 1.27 bits per heavy atom. The van der Waals surface area contributed by atoms with Crippen molar-refractivity contribution < 1.29 is 4.52 Å². The molecule has 6 nitrogen and oxygen atoms in total. The van der Waals surface area contributed by atoms with Crippen molar-refractivity contribution in [1.82, 2.24) is 20.0 Å². The molecule has 0 saturated carbocycles. The number of nitrogens with one attached hydrogen (secondary N) is 1. The van der Waals surface area contributed by atoms with Gasteiger partial charge in [-0.2, -0.15) is 0 Å². The van der Waals surface area contributed by atoms with Crippen LogP contribution in [0, 0.1) is 13.8 Å². The fourth-order valence-electron chi connectivity index (χ4n) is 3.31. The number of rotatable bonds is 3. The Labute approximate surface area is 155 Å². The summed E-state index contributed by atoms with van der Waals surface area (Å²) in [6.07, 6.45) is 0.739. The monoisotopic (exact) mass is 370 g/mol. The van der Waals surface area contributed by atoms with Gasteiger partial charge >= 0.3 is 0 Å². The number of aromatic nitrogens is 3. The molecule has 0 saturated heterocycles. The molecule has 1 N–H and O–H groups in total. The summed E-state index contributed by atoms with van der Waals surface area (Å²) in [5, 5.41) is 4.66. The molecule has 1 aliphatic heterocycles. The molecule has 26 heavy (non-hydrogen) atoms. The predicted octanol–water partition coefficient (Wildman–Crippen LogP) is 3.25. The first kappa shape index (κ1) is 17.0. The van der Waals surface area contributed by atoms with Crippen LogP contribution >= 0.6 is 11.6 Å². The van der Waals surface area contributed by atoms with E-state index in [0.717, 1.165) is 53.3 Å². The number of benzene rings is 1. The number of hydrogen-bond acceptors (Lipinski definition) is 5. The molecule has 3 aromatic rings. The standard InChI is InChI=1S/C19H19ClN4O2/c1-11-15(12(2)26-23-11)9-24-8-7-17-16(10-24)19(25)22-18(21-17)13-3-5-14(20)6-4-13/h3-6H,7-10H2,1-2H3,(H,21,22,25). The van der Waals surface area contributed by atoms with Crippen molar-refractivity contribution in [3.8, 4) is 11.4 Å². The van der Waals surface area contributed by atoms with Gasteiger partial charge in [0.2, 0.25) is 0 Å². The highest BCUT2D eigenvalue weighted by atomic mass is 35.5. The molecular weight excluding hydrogens is 352 g/mol. The highest BCUT2D eigenvalue weighted by Gasteiger charge is 2.23. The Bertz CT molecular complexity index is 988. The molecule has 1 aliphatic rings. The van der Waals surface area contributed by atoms with E-state index in [1.54, 1.807) is 12.1 Å². The predicted molar refractivity (Wildman–Crippen MR) is 99.1 cm³/mol. The van der Waals surface area contributed by atoms with Gasteiger partial charge in [0.05, 0.1) is 17.0 Å². The van der Waals surface area contributed by atoms with Gasteiger partial charge in [0.25, 0.3) is 5.56 Å². The lowest BCUT2D eigenvalue weighted by atomic mass is 10.0. The topological polar surface area (TPSA) is 75.0 Å². The normalized spacial score (nSPS) is 14.4. The Morgan fingerprint density at radius 3 is 2.73 bits per heavy atom. The number of aryl methyl sites for hydroxylation is 2. The molecule has 1 aromatic carbocycles. The quantitative estimate of drug-likeness (QED) is 0.766. The van der Waals surface area contributed by atoms with E-state index in [2.05, 4.69) is 20.0 Å². The first-order valence-corrected chi connectivity index (χ1v) is 8.91. The van der Waals surface area contributed by atoms with E-state index in [9.17, 15) is 4.79 Å². The molecule has 7 heteroatoms. The van der Waals surface area contributed by atoms with Gasteiger partial charge in [-0.05, 0) is 38.1 Å². The summed E-state index contributed by atoms with van der Waals surface area (Å²) < 4.78 is 5.24. The second-order valence-electron chi connectivity index (χ2n) is 6.61. The molecule has 0 bridgehead atoms. The number of aromatic amines is 1. The molecule has 2 aromatic heterocycles. The summed E-state index contributed by atoms with van der Waals surface area (Å²) in [5.74, 6) is 1.42. The highest BCUT2D eigenvalue weighted by molar-refractivity contribution is 6.30. The van der Waals surface area contributed by atoms with E-state index < -0.39 is 0 Å². The number of H-pyrrole nitrogens is 1. The van der Waals surface area contributed by atoms with E-state index in [1.807, 2.05) is 26.0 Å². The molecule has 4 rings (SSSR count). The molecule has 0 aliphatic carbocycles. The average Bonchev–Trinajstić information content (AvgIpc) is 2.94. The van der Waals surface area contributed by atoms with Crippen LogP contribution in [0.25, 0.3) is 11.4 Å². The summed E-state index contributed by atoms with van der Waals surface area (Å²) in [6, 6.07) is 7.31. The fourth-order valence-corrected chi connectivity index (χ4v) is 3.44. The largest absolute Gasteiger partial charge is 0.361 e. The van der Waals surface area contributed by atoms with Crippen molar-refractivity contribution in [3.63, 3.8) is 0 Å². The minimum absolute atomic E-state index is 0.0802. The molecular formula is C19H19ClN4O2. The number of nitrogens with zero attached hydrogens (tertiary/aromatic N) is 3. The van der Waals surface area contributed by atoms with Crippen LogP contribution in [0.3, 0.4) is 0 Å². The van der Waals surface area contributed by atoms with Gasteiger partial charge in [-0.1, -0.05) is 16.8 Å². The maximum Gasteiger partial charge on any atom is 0.255 e. The lowest BCUT2D eigenvalue weighted by Gasteiger charge is -2.27. The van der Waals surface area contributed by atoms with Crippen molar-refractivity contribution >= 4 is 11.6 Å². The first-order chi connectivity index (χ1) is 12.5. The van der Waals surface area contributed by atoms with Crippen LogP contribution in [0.2, 0.25) is 5.02 Å². The Kier molecular flexibility index (Phi) is 4.38. The molecule has 0 unspecified atom stereocenters. The maximum atomic E-state index is 12.6. The molecule has 3 heterocycles. The molecule has 134 valence electrons. The number of halogens is 1. The summed E-state index contributed by atoms with van der Waals surface area (Å²) in [5.41, 5.74) is 4.37. The lowest BCUT2D eigenvalue weighted by Crippen LogP contribution is -2.35. The van der Waals surface area contributed by atoms with Gasteiger partial charge in [0.15, 0.2) is 0 Å². The van der Waals surface area contributed by atoms with E-state index in [0.29, 0.717) is 17.4 Å². The third-order valence-electron chi connectivity index (χ3n) is 4.83. The maximum absolute atomic E-state index is 12.6. The summed E-state index contributed by atoms with van der Waals surface area (Å²) in [4.78, 5) is 22.4. The Morgan fingerprint density at radius 2 is 2.04 bits per heavy atom. The van der Waals surface area contributed by atoms with Crippen LogP contribution < -0.4 is 5.56 Å². The highest BCUT2D eigenvalue weighted by Crippen LogP contribution is 2.22. The van der Waals surface area contributed by atoms with Crippen molar-refractivity contribution in [3.05, 3.63) is 67.9 Å². The average molecular weight is 371 g/mol. The van der Waals surface area contributed by atoms with Crippen LogP contribution in [0.15, 0.2) is 33.6 Å². The van der Waals surface area contributed by atoms with Crippen LogP contribution in [-0.2, 0) is 19.5 Å². The van der Waals surface area contributed by atoms with Crippen molar-refractivity contribution in [2.45, 2.75) is 33.4 Å². The summed E-state index contributed by atoms with van der Waals surface area (Å²) >= 11 is 5.93. The second-order valence-corrected chi connectivity index (χ2v) is 7.05. The second kappa shape index (κ2) is 6.70. The number of hydrogen-bond donors (Lipinski definition) is 1. The molecule has 0 fully saturated rings. The zero-order chi connectivity index (χ0) is 18.3. The number of fused-ring (bicyclic) bond motifs is 1. The van der Waals surface area contributed by atoms with E-state index in [1.165, 1.54) is 0 Å². The van der Waals surface area contributed by atoms with Crippen molar-refractivity contribution in [1.29, 1.82) is 0 Å². The summed E-state index contributed by atoms with van der Waals surface area (Å²) in [7, 11) is 0. The third kappa shape index (κ3) is 3.18. The van der Waals surface area contributed by atoms with Gasteiger partial charge in [-0.25, -0.2) is 4.98 Å².